The predicted octanol–water partition coefficient (Wildman–Crippen LogP) is 3.55. The van der Waals surface area contributed by atoms with E-state index in [2.05, 4.69) is 0 Å². The van der Waals surface area contributed by atoms with Crippen molar-refractivity contribution in [1.82, 2.24) is 4.90 Å². The molecule has 1 heterocycles. The molecular formula is C21H22F3N3O2. The molecule has 5 nitrogen and oxygen atoms in total. The smallest absolute Gasteiger partial charge is 0.366 e. The molecule has 0 bridgehead atoms. The van der Waals surface area contributed by atoms with Crippen molar-refractivity contribution in [1.29, 1.82) is 0 Å². The van der Waals surface area contributed by atoms with Gasteiger partial charge in [-0.3, -0.25) is 9.59 Å². The number of alkyl halides is 3. The topological polar surface area (TPSA) is 66.6 Å². The van der Waals surface area contributed by atoms with E-state index in [1.165, 1.54) is 23.1 Å². The minimum Gasteiger partial charge on any atom is -0.366 e. The van der Waals surface area contributed by atoms with Crippen LogP contribution in [-0.4, -0.2) is 42.4 Å². The van der Waals surface area contributed by atoms with Crippen molar-refractivity contribution in [2.24, 2.45) is 5.73 Å². The molecule has 1 atom stereocenters. The molecule has 0 spiro atoms. The molecule has 1 saturated heterocycles. The Morgan fingerprint density at radius 3 is 2.28 bits per heavy atom. The van der Waals surface area contributed by atoms with E-state index in [-0.39, 0.29) is 24.7 Å². The third kappa shape index (κ3) is 4.21. The van der Waals surface area contributed by atoms with Gasteiger partial charge in [-0.25, -0.2) is 0 Å². The van der Waals surface area contributed by atoms with Gasteiger partial charge < -0.3 is 15.5 Å². The maximum Gasteiger partial charge on any atom is 0.417 e. The Morgan fingerprint density at radius 2 is 1.66 bits per heavy atom. The molecule has 0 radical (unpaired) electrons. The summed E-state index contributed by atoms with van der Waals surface area (Å²) in [6.07, 6.45) is -3.95. The molecule has 2 aromatic carbocycles. The number of benzene rings is 2. The second-order valence-electron chi connectivity index (χ2n) is 6.93. The zero-order chi connectivity index (χ0) is 21.2. The molecule has 0 aromatic heterocycles. The first-order valence-electron chi connectivity index (χ1n) is 9.35. The molecule has 8 heteroatoms. The van der Waals surface area contributed by atoms with E-state index in [1.54, 1.807) is 24.3 Å². The Balaban J connectivity index is 1.86. The van der Waals surface area contributed by atoms with Gasteiger partial charge >= 0.3 is 6.18 Å². The van der Waals surface area contributed by atoms with Crippen LogP contribution < -0.4 is 10.6 Å². The van der Waals surface area contributed by atoms with Gasteiger partial charge in [0.1, 0.15) is 0 Å². The number of anilines is 1. The minimum absolute atomic E-state index is 0.147. The Kier molecular flexibility index (Phi) is 5.81. The van der Waals surface area contributed by atoms with Gasteiger partial charge in [-0.15, -0.1) is 0 Å². The Labute approximate surface area is 166 Å². The van der Waals surface area contributed by atoms with Crippen LogP contribution in [0.25, 0.3) is 0 Å². The Hall–Kier alpha value is -3.03. The van der Waals surface area contributed by atoms with Crippen LogP contribution in [0.1, 0.15) is 39.6 Å². The summed E-state index contributed by atoms with van der Waals surface area (Å²) in [7, 11) is 0. The second-order valence-corrected chi connectivity index (χ2v) is 6.93. The van der Waals surface area contributed by atoms with Gasteiger partial charge in [-0.05, 0) is 30.7 Å². The lowest BCUT2D eigenvalue weighted by Gasteiger charge is -2.43. The number of nitrogens with zero attached hydrogens (tertiary/aromatic N) is 2. The van der Waals surface area contributed by atoms with Crippen LogP contribution in [0.3, 0.4) is 0 Å². The standard InChI is InChI=1S/C21H22F3N3O2/c1-2-14-13-26(20(29)15-7-3-5-9-17(15)21(22,23)24)11-12-27(14)18-10-6-4-8-16(18)19(25)28/h3-10,14H,2,11-13H2,1H3,(H2,25,28)/t14-/m1/s1. The van der Waals surface area contributed by atoms with E-state index in [1.807, 2.05) is 11.8 Å². The van der Waals surface area contributed by atoms with E-state index in [9.17, 15) is 22.8 Å². The highest BCUT2D eigenvalue weighted by Crippen LogP contribution is 2.33. The van der Waals surface area contributed by atoms with Crippen LogP contribution in [0.5, 0.6) is 0 Å². The third-order valence-corrected chi connectivity index (χ3v) is 5.18. The molecule has 29 heavy (non-hydrogen) atoms. The summed E-state index contributed by atoms with van der Waals surface area (Å²) in [5, 5.41) is 0. The van der Waals surface area contributed by atoms with Gasteiger partial charge in [-0.1, -0.05) is 31.2 Å². The highest BCUT2D eigenvalue weighted by molar-refractivity contribution is 5.99. The molecule has 2 N–H and O–H groups in total. The highest BCUT2D eigenvalue weighted by atomic mass is 19.4. The maximum absolute atomic E-state index is 13.3. The molecule has 3 rings (SSSR count). The first kappa shape index (κ1) is 20.7. The van der Waals surface area contributed by atoms with Gasteiger partial charge in [0, 0.05) is 31.4 Å². The summed E-state index contributed by atoms with van der Waals surface area (Å²) in [5.41, 5.74) is 5.26. The van der Waals surface area contributed by atoms with E-state index in [0.29, 0.717) is 24.2 Å². The van der Waals surface area contributed by atoms with Crippen molar-refractivity contribution in [2.75, 3.05) is 24.5 Å². The number of amides is 2. The summed E-state index contributed by atoms with van der Waals surface area (Å²) in [4.78, 5) is 28.1. The Morgan fingerprint density at radius 1 is 1.03 bits per heavy atom. The first-order chi connectivity index (χ1) is 13.7. The van der Waals surface area contributed by atoms with Gasteiger partial charge in [0.05, 0.1) is 16.7 Å². The van der Waals surface area contributed by atoms with Crippen LogP contribution in [0.2, 0.25) is 0 Å². The van der Waals surface area contributed by atoms with Gasteiger partial charge in [0.25, 0.3) is 11.8 Å². The molecule has 1 aliphatic heterocycles. The normalized spacial score (nSPS) is 17.3. The first-order valence-corrected chi connectivity index (χ1v) is 9.35. The number of carbonyl (C=O) groups is 2. The van der Waals surface area contributed by atoms with Crippen molar-refractivity contribution in [3.63, 3.8) is 0 Å². The van der Waals surface area contributed by atoms with E-state index in [4.69, 9.17) is 5.73 Å². The predicted molar refractivity (Wildman–Crippen MR) is 104 cm³/mol. The number of piperazine rings is 1. The van der Waals surface area contributed by atoms with Crippen molar-refractivity contribution in [3.05, 3.63) is 65.2 Å². The largest absolute Gasteiger partial charge is 0.417 e. The van der Waals surface area contributed by atoms with Gasteiger partial charge in [-0.2, -0.15) is 13.2 Å². The molecule has 1 aliphatic rings. The summed E-state index contributed by atoms with van der Waals surface area (Å²) in [6.45, 7) is 2.83. The van der Waals surface area contributed by atoms with Crippen molar-refractivity contribution < 1.29 is 22.8 Å². The zero-order valence-electron chi connectivity index (χ0n) is 15.9. The Bertz CT molecular complexity index is 914. The van der Waals surface area contributed by atoms with E-state index >= 15 is 0 Å². The molecular weight excluding hydrogens is 383 g/mol. The summed E-state index contributed by atoms with van der Waals surface area (Å²) >= 11 is 0. The number of hydrogen-bond acceptors (Lipinski definition) is 3. The summed E-state index contributed by atoms with van der Waals surface area (Å²) < 4.78 is 39.9. The number of nitrogens with two attached hydrogens (primary N) is 1. The summed E-state index contributed by atoms with van der Waals surface area (Å²) in [6, 6.07) is 11.6. The number of primary amides is 1. The molecule has 0 saturated carbocycles. The van der Waals surface area contributed by atoms with Crippen LogP contribution in [0.15, 0.2) is 48.5 Å². The second kappa shape index (κ2) is 8.14. The quantitative estimate of drug-likeness (QED) is 0.846. The fourth-order valence-corrected chi connectivity index (χ4v) is 3.73. The fraction of sp³-hybridized carbons (Fsp3) is 0.333. The van der Waals surface area contributed by atoms with E-state index in [0.717, 1.165) is 6.07 Å². The molecule has 0 aliphatic carbocycles. The highest BCUT2D eigenvalue weighted by Gasteiger charge is 2.37. The molecule has 0 unspecified atom stereocenters. The lowest BCUT2D eigenvalue weighted by Crippen LogP contribution is -2.55. The molecule has 1 fully saturated rings. The third-order valence-electron chi connectivity index (χ3n) is 5.18. The number of rotatable bonds is 4. The van der Waals surface area contributed by atoms with Crippen LogP contribution in [0, 0.1) is 0 Å². The fourth-order valence-electron chi connectivity index (χ4n) is 3.73. The molecule has 154 valence electrons. The minimum atomic E-state index is -4.60. The SMILES string of the molecule is CC[C@@H]1CN(C(=O)c2ccccc2C(F)(F)F)CCN1c1ccccc1C(N)=O. The number of halogens is 3. The number of hydrogen-bond donors (Lipinski definition) is 1. The zero-order valence-corrected chi connectivity index (χ0v) is 15.9. The van der Waals surface area contributed by atoms with Gasteiger partial charge in [0.2, 0.25) is 0 Å². The van der Waals surface area contributed by atoms with E-state index < -0.39 is 23.6 Å². The van der Waals surface area contributed by atoms with Gasteiger partial charge in [0.15, 0.2) is 0 Å². The molecule has 2 aromatic rings. The average molecular weight is 405 g/mol. The molecule has 2 amide bonds. The van der Waals surface area contributed by atoms with Crippen molar-refractivity contribution in [3.8, 4) is 0 Å². The van der Waals surface area contributed by atoms with Crippen molar-refractivity contribution in [2.45, 2.75) is 25.6 Å². The van der Waals surface area contributed by atoms with Crippen LogP contribution in [0.4, 0.5) is 18.9 Å². The summed E-state index contributed by atoms with van der Waals surface area (Å²) in [5.74, 6) is -1.19. The monoisotopic (exact) mass is 405 g/mol. The van der Waals surface area contributed by atoms with Crippen LogP contribution in [-0.2, 0) is 6.18 Å². The van der Waals surface area contributed by atoms with Crippen molar-refractivity contribution >= 4 is 17.5 Å². The number of para-hydroxylation sites is 1. The maximum atomic E-state index is 13.3. The lowest BCUT2D eigenvalue weighted by molar-refractivity contribution is -0.138. The van der Waals surface area contributed by atoms with Crippen LogP contribution >= 0.6 is 0 Å². The lowest BCUT2D eigenvalue weighted by atomic mass is 10.0. The number of carbonyl (C=O) groups excluding carboxylic acids is 2. The average Bonchev–Trinajstić information content (AvgIpc) is 2.72.